The second-order valence-corrected chi connectivity index (χ2v) is 4.98. The van der Waals surface area contributed by atoms with Gasteiger partial charge in [-0.2, -0.15) is 0 Å². The quantitative estimate of drug-likeness (QED) is 0.557. The van der Waals surface area contributed by atoms with Gasteiger partial charge in [0.15, 0.2) is 5.78 Å². The Balaban J connectivity index is 2.42. The van der Waals surface area contributed by atoms with E-state index in [0.29, 0.717) is 17.1 Å². The van der Waals surface area contributed by atoms with Crippen LogP contribution in [-0.2, 0) is 4.79 Å². The minimum absolute atomic E-state index is 0.262. The molecule has 3 atom stereocenters. The van der Waals surface area contributed by atoms with Gasteiger partial charge in [-0.1, -0.05) is 26.3 Å². The number of fused-ring (bicyclic) bond motifs is 1. The Morgan fingerprint density at radius 1 is 1.54 bits per heavy atom. The van der Waals surface area contributed by atoms with Crippen molar-refractivity contribution in [2.75, 3.05) is 0 Å². The van der Waals surface area contributed by atoms with Gasteiger partial charge in [0.25, 0.3) is 0 Å². The predicted molar refractivity (Wildman–Crippen MR) is 53.4 cm³/mol. The van der Waals surface area contributed by atoms with Crippen LogP contribution in [0.1, 0.15) is 40.0 Å². The minimum Gasteiger partial charge on any atom is -0.294 e. The van der Waals surface area contributed by atoms with Gasteiger partial charge in [-0.05, 0) is 36.7 Å². The van der Waals surface area contributed by atoms with Crippen LogP contribution in [0.5, 0.6) is 0 Å². The monoisotopic (exact) mass is 178 g/mol. The molecule has 1 saturated carbocycles. The maximum Gasteiger partial charge on any atom is 0.161 e. The number of allylic oxidation sites excluding steroid dienone is 2. The van der Waals surface area contributed by atoms with Gasteiger partial charge in [0.1, 0.15) is 0 Å². The highest BCUT2D eigenvalue weighted by molar-refractivity contribution is 5.97. The number of rotatable bonds is 0. The molecule has 0 spiro atoms. The van der Waals surface area contributed by atoms with E-state index in [1.807, 2.05) is 6.92 Å². The average Bonchev–Trinajstić information content (AvgIpc) is 2.43. The number of carbonyl (C=O) groups excluding carboxylic acids is 1. The Bertz CT molecular complexity index is 277. The molecular formula is C12H18O. The number of ketones is 1. The molecule has 0 aromatic rings. The number of Topliss-reactive ketones (excluding diaryl/α,β-unsaturated/α-hetero) is 1. The lowest BCUT2D eigenvalue weighted by Gasteiger charge is -2.37. The summed E-state index contributed by atoms with van der Waals surface area (Å²) in [6, 6.07) is 0. The SMILES string of the molecule is CC1=C[C@@]2(C)CCC[C@H]2[C@@H](C)C1=O. The first-order valence-electron chi connectivity index (χ1n) is 5.28. The largest absolute Gasteiger partial charge is 0.294 e. The van der Waals surface area contributed by atoms with Crippen molar-refractivity contribution in [3.63, 3.8) is 0 Å². The van der Waals surface area contributed by atoms with E-state index in [-0.39, 0.29) is 5.92 Å². The van der Waals surface area contributed by atoms with Crippen LogP contribution in [0.2, 0.25) is 0 Å². The fourth-order valence-electron chi connectivity index (χ4n) is 3.33. The third-order valence-electron chi connectivity index (χ3n) is 4.03. The molecule has 2 rings (SSSR count). The van der Waals surface area contributed by atoms with Gasteiger partial charge in [-0.3, -0.25) is 4.79 Å². The first kappa shape index (κ1) is 8.98. The number of hydrogen-bond donors (Lipinski definition) is 0. The highest BCUT2D eigenvalue weighted by atomic mass is 16.1. The molecule has 2 aliphatic rings. The van der Waals surface area contributed by atoms with Crippen molar-refractivity contribution in [1.29, 1.82) is 0 Å². The molecule has 1 heteroatoms. The minimum atomic E-state index is 0.262. The summed E-state index contributed by atoms with van der Waals surface area (Å²) in [6.45, 7) is 6.39. The van der Waals surface area contributed by atoms with Gasteiger partial charge in [0, 0.05) is 5.92 Å². The zero-order chi connectivity index (χ0) is 9.64. The zero-order valence-electron chi connectivity index (χ0n) is 8.76. The molecular weight excluding hydrogens is 160 g/mol. The molecule has 0 radical (unpaired) electrons. The standard InChI is InChI=1S/C12H18O/c1-8-7-12(3)6-4-5-10(12)9(2)11(8)13/h7,9-10H,4-6H2,1-3H3/t9-,10+,12-/m1/s1. The maximum absolute atomic E-state index is 11.7. The summed E-state index contributed by atoms with van der Waals surface area (Å²) in [6.07, 6.45) is 6.04. The first-order chi connectivity index (χ1) is 6.04. The summed E-state index contributed by atoms with van der Waals surface area (Å²) in [5, 5.41) is 0. The summed E-state index contributed by atoms with van der Waals surface area (Å²) < 4.78 is 0. The summed E-state index contributed by atoms with van der Waals surface area (Å²) >= 11 is 0. The van der Waals surface area contributed by atoms with Gasteiger partial charge in [-0.25, -0.2) is 0 Å². The molecule has 0 heterocycles. The Labute approximate surface area is 80.2 Å². The number of hydrogen-bond acceptors (Lipinski definition) is 1. The molecule has 0 aliphatic heterocycles. The van der Waals surface area contributed by atoms with E-state index in [0.717, 1.165) is 5.57 Å². The maximum atomic E-state index is 11.7. The normalized spacial score (nSPS) is 44.5. The van der Waals surface area contributed by atoms with Crippen LogP contribution >= 0.6 is 0 Å². The molecule has 13 heavy (non-hydrogen) atoms. The molecule has 72 valence electrons. The van der Waals surface area contributed by atoms with Crippen LogP contribution in [-0.4, -0.2) is 5.78 Å². The Hall–Kier alpha value is -0.590. The molecule has 0 unspecified atom stereocenters. The highest BCUT2D eigenvalue weighted by Gasteiger charge is 2.45. The summed E-state index contributed by atoms with van der Waals surface area (Å²) in [7, 11) is 0. The van der Waals surface area contributed by atoms with Crippen LogP contribution in [0.25, 0.3) is 0 Å². The van der Waals surface area contributed by atoms with Gasteiger partial charge in [0.2, 0.25) is 0 Å². The molecule has 0 aromatic carbocycles. The average molecular weight is 178 g/mol. The molecule has 0 N–H and O–H groups in total. The molecule has 1 fully saturated rings. The van der Waals surface area contributed by atoms with Crippen LogP contribution < -0.4 is 0 Å². The molecule has 0 aromatic heterocycles. The van der Waals surface area contributed by atoms with E-state index >= 15 is 0 Å². The van der Waals surface area contributed by atoms with E-state index in [2.05, 4.69) is 19.9 Å². The molecule has 0 saturated heterocycles. The zero-order valence-corrected chi connectivity index (χ0v) is 8.76. The number of carbonyl (C=O) groups is 1. The highest BCUT2D eigenvalue weighted by Crippen LogP contribution is 2.51. The topological polar surface area (TPSA) is 17.1 Å². The summed E-state index contributed by atoms with van der Waals surface area (Å²) in [4.78, 5) is 11.7. The van der Waals surface area contributed by atoms with Crippen LogP contribution in [0, 0.1) is 17.3 Å². The second-order valence-electron chi connectivity index (χ2n) is 4.98. The lowest BCUT2D eigenvalue weighted by molar-refractivity contribution is -0.122. The van der Waals surface area contributed by atoms with Crippen molar-refractivity contribution in [3.05, 3.63) is 11.6 Å². The summed E-state index contributed by atoms with van der Waals surface area (Å²) in [5.41, 5.74) is 1.32. The van der Waals surface area contributed by atoms with E-state index < -0.39 is 0 Å². The van der Waals surface area contributed by atoms with Crippen molar-refractivity contribution in [3.8, 4) is 0 Å². The third-order valence-corrected chi connectivity index (χ3v) is 4.03. The summed E-state index contributed by atoms with van der Waals surface area (Å²) in [5.74, 6) is 1.26. The van der Waals surface area contributed by atoms with Crippen molar-refractivity contribution in [2.24, 2.45) is 17.3 Å². The van der Waals surface area contributed by atoms with Crippen LogP contribution in [0.3, 0.4) is 0 Å². The van der Waals surface area contributed by atoms with Gasteiger partial charge in [-0.15, -0.1) is 0 Å². The Morgan fingerprint density at radius 2 is 2.23 bits per heavy atom. The van der Waals surface area contributed by atoms with Gasteiger partial charge >= 0.3 is 0 Å². The van der Waals surface area contributed by atoms with E-state index in [4.69, 9.17) is 0 Å². The van der Waals surface area contributed by atoms with E-state index in [9.17, 15) is 4.79 Å². The first-order valence-corrected chi connectivity index (χ1v) is 5.28. The molecule has 0 bridgehead atoms. The van der Waals surface area contributed by atoms with E-state index in [1.54, 1.807) is 0 Å². The predicted octanol–water partition coefficient (Wildman–Crippen LogP) is 2.96. The lowest BCUT2D eigenvalue weighted by atomic mass is 9.66. The molecule has 1 nitrogen and oxygen atoms in total. The third kappa shape index (κ3) is 1.17. The van der Waals surface area contributed by atoms with Crippen molar-refractivity contribution < 1.29 is 4.79 Å². The van der Waals surface area contributed by atoms with Crippen molar-refractivity contribution >= 4 is 5.78 Å². The molecule has 0 amide bonds. The molecule has 2 aliphatic carbocycles. The lowest BCUT2D eigenvalue weighted by Crippen LogP contribution is -2.35. The fraction of sp³-hybridized carbons (Fsp3) is 0.750. The van der Waals surface area contributed by atoms with Gasteiger partial charge < -0.3 is 0 Å². The Morgan fingerprint density at radius 3 is 2.92 bits per heavy atom. The Kier molecular flexibility index (Phi) is 1.86. The van der Waals surface area contributed by atoms with Gasteiger partial charge in [0.05, 0.1) is 0 Å². The van der Waals surface area contributed by atoms with E-state index in [1.165, 1.54) is 19.3 Å². The van der Waals surface area contributed by atoms with Crippen LogP contribution in [0.4, 0.5) is 0 Å². The fourth-order valence-corrected chi connectivity index (χ4v) is 3.33. The van der Waals surface area contributed by atoms with Crippen molar-refractivity contribution in [2.45, 2.75) is 40.0 Å². The van der Waals surface area contributed by atoms with Crippen molar-refractivity contribution in [1.82, 2.24) is 0 Å². The smallest absolute Gasteiger partial charge is 0.161 e. The van der Waals surface area contributed by atoms with Crippen LogP contribution in [0.15, 0.2) is 11.6 Å². The second kappa shape index (κ2) is 2.70.